The molecule has 1 amide bonds. The van der Waals surface area contributed by atoms with Crippen molar-refractivity contribution in [3.05, 3.63) is 71.5 Å². The highest BCUT2D eigenvalue weighted by molar-refractivity contribution is 6.30. The van der Waals surface area contributed by atoms with E-state index in [1.807, 2.05) is 60.3 Å². The number of anilines is 1. The van der Waals surface area contributed by atoms with Crippen LogP contribution in [0.5, 0.6) is 11.5 Å². The van der Waals surface area contributed by atoms with Gasteiger partial charge in [-0.3, -0.25) is 4.90 Å². The topological polar surface area (TPSA) is 53.8 Å². The summed E-state index contributed by atoms with van der Waals surface area (Å²) >= 11 is 5.96. The average molecular weight is 466 g/mol. The second-order valence-corrected chi connectivity index (χ2v) is 9.58. The fourth-order valence-electron chi connectivity index (χ4n) is 4.77. The zero-order valence-electron chi connectivity index (χ0n) is 18.9. The molecule has 0 bridgehead atoms. The van der Waals surface area contributed by atoms with Gasteiger partial charge in [-0.15, -0.1) is 0 Å². The number of fused-ring (bicyclic) bond motifs is 1. The lowest BCUT2D eigenvalue weighted by molar-refractivity contribution is 0.197. The Morgan fingerprint density at radius 2 is 1.79 bits per heavy atom. The number of halogens is 1. The second kappa shape index (κ2) is 9.08. The van der Waals surface area contributed by atoms with Crippen molar-refractivity contribution in [2.75, 3.05) is 45.2 Å². The third-order valence-corrected chi connectivity index (χ3v) is 6.72. The van der Waals surface area contributed by atoms with E-state index < -0.39 is 0 Å². The summed E-state index contributed by atoms with van der Waals surface area (Å²) in [5.41, 5.74) is 2.15. The van der Waals surface area contributed by atoms with E-state index in [2.05, 4.69) is 22.1 Å². The van der Waals surface area contributed by atoms with E-state index in [9.17, 15) is 4.79 Å². The molecular formula is C25H28ClN5O2. The molecule has 0 aliphatic carbocycles. The second-order valence-electron chi connectivity index (χ2n) is 9.14. The normalized spacial score (nSPS) is 20.2. The molecule has 2 saturated heterocycles. The molecule has 0 spiro atoms. The molecule has 0 saturated carbocycles. The summed E-state index contributed by atoms with van der Waals surface area (Å²) in [5.74, 6) is 2.60. The number of benzene rings is 2. The summed E-state index contributed by atoms with van der Waals surface area (Å²) in [4.78, 5) is 19.2. The molecular weight excluding hydrogens is 438 g/mol. The summed E-state index contributed by atoms with van der Waals surface area (Å²) in [6, 6.07) is 15.6. The summed E-state index contributed by atoms with van der Waals surface area (Å²) in [6.45, 7) is 4.45. The first-order valence-corrected chi connectivity index (χ1v) is 11.6. The number of aromatic nitrogens is 2. The van der Waals surface area contributed by atoms with Crippen LogP contribution >= 0.6 is 11.6 Å². The Bertz CT molecular complexity index is 1120. The summed E-state index contributed by atoms with van der Waals surface area (Å²) in [7, 11) is 3.89. The van der Waals surface area contributed by atoms with Crippen LogP contribution in [0.2, 0.25) is 5.02 Å². The highest BCUT2D eigenvalue weighted by Crippen LogP contribution is 2.33. The van der Waals surface area contributed by atoms with E-state index in [4.69, 9.17) is 16.3 Å². The molecule has 3 aromatic rings. The van der Waals surface area contributed by atoms with Crippen molar-refractivity contribution in [1.82, 2.24) is 19.6 Å². The largest absolute Gasteiger partial charge is 0.457 e. The smallest absolute Gasteiger partial charge is 0.344 e. The van der Waals surface area contributed by atoms with Crippen molar-refractivity contribution in [3.8, 4) is 11.5 Å². The van der Waals surface area contributed by atoms with Crippen molar-refractivity contribution in [2.24, 2.45) is 11.8 Å². The Balaban J connectivity index is 1.16. The van der Waals surface area contributed by atoms with Gasteiger partial charge in [-0.25, -0.2) is 4.79 Å². The molecule has 1 aromatic heterocycles. The molecule has 3 heterocycles. The maximum absolute atomic E-state index is 12.9. The lowest BCUT2D eigenvalue weighted by atomic mass is 10.0. The predicted molar refractivity (Wildman–Crippen MR) is 129 cm³/mol. The number of hydrogen-bond donors (Lipinski definition) is 0. The zero-order valence-corrected chi connectivity index (χ0v) is 19.7. The molecule has 0 N–H and O–H groups in total. The van der Waals surface area contributed by atoms with Crippen LogP contribution in [0.1, 0.15) is 5.56 Å². The van der Waals surface area contributed by atoms with Gasteiger partial charge in [-0.1, -0.05) is 23.7 Å². The number of rotatable bonds is 5. The molecule has 2 aromatic carbocycles. The minimum absolute atomic E-state index is 0.0314. The summed E-state index contributed by atoms with van der Waals surface area (Å²) < 4.78 is 7.44. The van der Waals surface area contributed by atoms with Crippen molar-refractivity contribution >= 4 is 23.3 Å². The first kappa shape index (κ1) is 21.8. The van der Waals surface area contributed by atoms with Crippen LogP contribution in [0.15, 0.2) is 60.9 Å². The van der Waals surface area contributed by atoms with E-state index in [0.29, 0.717) is 16.9 Å². The molecule has 0 radical (unpaired) electrons. The Hall–Kier alpha value is -3.03. The maximum Gasteiger partial charge on any atom is 0.344 e. The fraction of sp³-hybridized carbons (Fsp3) is 0.360. The van der Waals surface area contributed by atoms with Crippen molar-refractivity contribution in [3.63, 3.8) is 0 Å². The molecule has 7 nitrogen and oxygen atoms in total. The molecule has 2 atom stereocenters. The Morgan fingerprint density at radius 3 is 2.45 bits per heavy atom. The van der Waals surface area contributed by atoms with Gasteiger partial charge in [0.1, 0.15) is 11.5 Å². The number of carbonyl (C=O) groups excluding carboxylic acids is 1. The first-order valence-electron chi connectivity index (χ1n) is 11.2. The number of likely N-dealkylation sites (tertiary alicyclic amines) is 2. The minimum Gasteiger partial charge on any atom is -0.457 e. The predicted octanol–water partition coefficient (Wildman–Crippen LogP) is 4.43. The van der Waals surface area contributed by atoms with Crippen LogP contribution in [0, 0.1) is 11.8 Å². The number of amides is 1. The van der Waals surface area contributed by atoms with Crippen LogP contribution in [0.25, 0.3) is 0 Å². The van der Waals surface area contributed by atoms with Crippen molar-refractivity contribution in [2.45, 2.75) is 6.54 Å². The zero-order chi connectivity index (χ0) is 22.9. The van der Waals surface area contributed by atoms with E-state index in [0.717, 1.165) is 49.9 Å². The molecule has 33 heavy (non-hydrogen) atoms. The standard InChI is InChI=1S/C25H28ClN5O2/c1-28(2)22-11-27-31(17-22)25(32)30-15-19-13-29(14-20(19)16-30)12-18-4-3-5-24(10-18)33-23-8-6-21(26)7-9-23/h3-11,17,19-20H,12-16H2,1-2H3. The molecule has 2 fully saturated rings. The van der Waals surface area contributed by atoms with Crippen LogP contribution in [0.4, 0.5) is 10.5 Å². The summed E-state index contributed by atoms with van der Waals surface area (Å²) in [6.07, 6.45) is 3.52. The van der Waals surface area contributed by atoms with Crippen LogP contribution in [0.3, 0.4) is 0 Å². The lowest BCUT2D eigenvalue weighted by Gasteiger charge is -2.21. The molecule has 2 unspecified atom stereocenters. The lowest BCUT2D eigenvalue weighted by Crippen LogP contribution is -2.36. The molecule has 8 heteroatoms. The highest BCUT2D eigenvalue weighted by atomic mass is 35.5. The Kier molecular flexibility index (Phi) is 6.00. The fourth-order valence-corrected chi connectivity index (χ4v) is 4.90. The summed E-state index contributed by atoms with van der Waals surface area (Å²) in [5, 5.41) is 4.94. The molecule has 2 aliphatic heterocycles. The van der Waals surface area contributed by atoms with Gasteiger partial charge in [-0.2, -0.15) is 9.78 Å². The van der Waals surface area contributed by atoms with Crippen molar-refractivity contribution < 1.29 is 9.53 Å². The Labute approximate surface area is 199 Å². The molecule has 5 rings (SSSR count). The third kappa shape index (κ3) is 4.84. The van der Waals surface area contributed by atoms with Crippen LogP contribution in [-0.4, -0.2) is 65.9 Å². The average Bonchev–Trinajstić information content (AvgIpc) is 3.50. The van der Waals surface area contributed by atoms with Crippen molar-refractivity contribution in [1.29, 1.82) is 0 Å². The number of carbonyl (C=O) groups is 1. The maximum atomic E-state index is 12.9. The first-order chi connectivity index (χ1) is 15.9. The van der Waals surface area contributed by atoms with Gasteiger partial charge < -0.3 is 14.5 Å². The van der Waals surface area contributed by atoms with Gasteiger partial charge in [0, 0.05) is 51.8 Å². The van der Waals surface area contributed by atoms with E-state index in [1.165, 1.54) is 10.2 Å². The van der Waals surface area contributed by atoms with Gasteiger partial charge in [0.2, 0.25) is 0 Å². The number of nitrogens with zero attached hydrogens (tertiary/aromatic N) is 5. The van der Waals surface area contributed by atoms with Crippen LogP contribution < -0.4 is 9.64 Å². The number of ether oxygens (including phenoxy) is 1. The van der Waals surface area contributed by atoms with Gasteiger partial charge >= 0.3 is 6.03 Å². The van der Waals surface area contributed by atoms with Gasteiger partial charge in [-0.05, 0) is 53.8 Å². The molecule has 172 valence electrons. The van der Waals surface area contributed by atoms with Gasteiger partial charge in [0.05, 0.1) is 18.1 Å². The monoisotopic (exact) mass is 465 g/mol. The van der Waals surface area contributed by atoms with E-state index in [-0.39, 0.29) is 6.03 Å². The van der Waals surface area contributed by atoms with Gasteiger partial charge in [0.15, 0.2) is 0 Å². The highest BCUT2D eigenvalue weighted by Gasteiger charge is 2.41. The van der Waals surface area contributed by atoms with E-state index in [1.54, 1.807) is 12.4 Å². The number of hydrogen-bond acceptors (Lipinski definition) is 5. The SMILES string of the molecule is CN(C)c1cnn(C(=O)N2CC3CN(Cc4cccc(Oc5ccc(Cl)cc5)c4)CC3C2)c1. The van der Waals surface area contributed by atoms with E-state index >= 15 is 0 Å². The third-order valence-electron chi connectivity index (χ3n) is 6.47. The molecule has 2 aliphatic rings. The Morgan fingerprint density at radius 1 is 1.06 bits per heavy atom. The quantitative estimate of drug-likeness (QED) is 0.558. The van der Waals surface area contributed by atoms with Crippen LogP contribution in [-0.2, 0) is 6.54 Å². The van der Waals surface area contributed by atoms with Gasteiger partial charge in [0.25, 0.3) is 0 Å². The minimum atomic E-state index is -0.0314.